The van der Waals surface area contributed by atoms with Crippen LogP contribution >= 0.6 is 0 Å². The van der Waals surface area contributed by atoms with Gasteiger partial charge in [0.15, 0.2) is 5.82 Å². The maximum atomic E-state index is 10.0. The van der Waals surface area contributed by atoms with Crippen molar-refractivity contribution in [2.24, 2.45) is 5.73 Å². The zero-order chi connectivity index (χ0) is 19.8. The highest BCUT2D eigenvalue weighted by atomic mass is 16.3. The van der Waals surface area contributed by atoms with E-state index in [9.17, 15) is 5.11 Å². The first-order chi connectivity index (χ1) is 13.4. The number of aryl methyl sites for hydroxylation is 3. The molecule has 2 aromatic heterocycles. The molecule has 2 aromatic carbocycles. The summed E-state index contributed by atoms with van der Waals surface area (Å²) >= 11 is 0. The van der Waals surface area contributed by atoms with Crippen LogP contribution in [0.25, 0.3) is 21.8 Å². The van der Waals surface area contributed by atoms with Crippen LogP contribution in [0.3, 0.4) is 0 Å². The van der Waals surface area contributed by atoms with E-state index in [4.69, 9.17) is 16.9 Å². The minimum Gasteiger partial charge on any atom is -0.507 e. The summed E-state index contributed by atoms with van der Waals surface area (Å²) in [5.74, 6) is 0.322. The Labute approximate surface area is 162 Å². The number of aromatic hydroxyl groups is 1. The van der Waals surface area contributed by atoms with Crippen LogP contribution < -0.4 is 11.5 Å². The van der Waals surface area contributed by atoms with Crippen LogP contribution in [0.5, 0.6) is 5.75 Å². The zero-order valence-electron chi connectivity index (χ0n) is 15.5. The van der Waals surface area contributed by atoms with E-state index < -0.39 is 0 Å². The lowest BCUT2D eigenvalue weighted by Crippen LogP contribution is -2.11. The molecule has 0 aliphatic heterocycles. The van der Waals surface area contributed by atoms with E-state index in [1.54, 1.807) is 12.1 Å². The van der Waals surface area contributed by atoms with Crippen LogP contribution in [0.4, 0.5) is 5.82 Å². The van der Waals surface area contributed by atoms with E-state index in [-0.39, 0.29) is 11.6 Å². The molecule has 0 radical (unpaired) electrons. The molecular formula is C22H21N5O. The Morgan fingerprint density at radius 2 is 1.82 bits per heavy atom. The Morgan fingerprint density at radius 1 is 1.04 bits per heavy atom. The first-order valence-electron chi connectivity index (χ1n) is 9.03. The average Bonchev–Trinajstić information content (AvgIpc) is 2.66. The number of benzene rings is 2. The van der Waals surface area contributed by atoms with E-state index in [2.05, 4.69) is 28.2 Å². The van der Waals surface area contributed by atoms with Crippen LogP contribution in [0.2, 0.25) is 0 Å². The van der Waals surface area contributed by atoms with E-state index in [0.29, 0.717) is 16.9 Å². The van der Waals surface area contributed by atoms with Crippen molar-refractivity contribution in [3.05, 3.63) is 70.9 Å². The molecule has 0 bridgehead atoms. The third-order valence-corrected chi connectivity index (χ3v) is 4.93. The molecule has 0 unspecified atom stereocenters. The molecule has 0 saturated carbocycles. The highest BCUT2D eigenvalue weighted by molar-refractivity contribution is 6.08. The number of hydrogen-bond donors (Lipinski definition) is 4. The van der Waals surface area contributed by atoms with Gasteiger partial charge in [-0.05, 0) is 60.7 Å². The molecule has 28 heavy (non-hydrogen) atoms. The number of amidine groups is 1. The summed E-state index contributed by atoms with van der Waals surface area (Å²) in [6.07, 6.45) is 3.32. The van der Waals surface area contributed by atoms with Gasteiger partial charge in [-0.1, -0.05) is 18.2 Å². The molecule has 0 atom stereocenters. The number of pyridine rings is 2. The summed E-state index contributed by atoms with van der Waals surface area (Å²) < 4.78 is 0. The van der Waals surface area contributed by atoms with Crippen molar-refractivity contribution in [2.45, 2.75) is 19.8 Å². The number of nitrogens with two attached hydrogens (primary N) is 2. The second-order valence-electron chi connectivity index (χ2n) is 7.02. The fourth-order valence-electron chi connectivity index (χ4n) is 3.45. The molecule has 6 heteroatoms. The molecule has 2 heterocycles. The Hall–Kier alpha value is -3.67. The summed E-state index contributed by atoms with van der Waals surface area (Å²) in [6, 6.07) is 13.5. The van der Waals surface area contributed by atoms with Gasteiger partial charge in [-0.15, -0.1) is 0 Å². The standard InChI is InChI=1S/C22H21N5O/c1-12-2-6-15-17-9-14(11-26-20(17)22(25)27-18(15)8-12)4-3-13-5-7-16(21(23)24)19(28)10-13/h2,5-11,28H,3-4H2,1H3,(H3,23,24)(H2,25,27). The highest BCUT2D eigenvalue weighted by Crippen LogP contribution is 2.28. The summed E-state index contributed by atoms with van der Waals surface area (Å²) in [7, 11) is 0. The van der Waals surface area contributed by atoms with Gasteiger partial charge in [-0.25, -0.2) is 4.98 Å². The number of anilines is 1. The lowest BCUT2D eigenvalue weighted by atomic mass is 10.0. The van der Waals surface area contributed by atoms with Gasteiger partial charge in [0.05, 0.1) is 11.1 Å². The molecule has 0 aliphatic carbocycles. The van der Waals surface area contributed by atoms with Crippen molar-refractivity contribution >= 4 is 33.5 Å². The summed E-state index contributed by atoms with van der Waals surface area (Å²) in [5.41, 5.74) is 16.7. The fraction of sp³-hybridized carbons (Fsp3) is 0.136. The molecular weight excluding hydrogens is 350 g/mol. The number of nitrogens with zero attached hydrogens (tertiary/aromatic N) is 2. The van der Waals surface area contributed by atoms with Crippen molar-refractivity contribution < 1.29 is 5.11 Å². The Morgan fingerprint density at radius 3 is 2.57 bits per heavy atom. The normalized spacial score (nSPS) is 11.2. The van der Waals surface area contributed by atoms with Gasteiger partial charge >= 0.3 is 0 Å². The maximum Gasteiger partial charge on any atom is 0.150 e. The van der Waals surface area contributed by atoms with Crippen molar-refractivity contribution in [1.82, 2.24) is 9.97 Å². The predicted octanol–water partition coefficient (Wildman–Crippen LogP) is 3.45. The van der Waals surface area contributed by atoms with Crippen LogP contribution in [0.15, 0.2) is 48.7 Å². The molecule has 4 rings (SSSR count). The Bertz CT molecular complexity index is 1230. The minimum absolute atomic E-state index is 0.0295. The molecule has 0 saturated heterocycles. The minimum atomic E-state index is -0.143. The van der Waals surface area contributed by atoms with E-state index in [1.807, 2.05) is 25.3 Å². The van der Waals surface area contributed by atoms with Crippen LogP contribution in [-0.2, 0) is 12.8 Å². The van der Waals surface area contributed by atoms with Gasteiger partial charge in [-0.2, -0.15) is 0 Å². The van der Waals surface area contributed by atoms with Crippen molar-refractivity contribution in [3.63, 3.8) is 0 Å². The predicted molar refractivity (Wildman–Crippen MR) is 113 cm³/mol. The smallest absolute Gasteiger partial charge is 0.150 e. The summed E-state index contributed by atoms with van der Waals surface area (Å²) in [5, 5.41) is 19.5. The SMILES string of the molecule is Cc1ccc2c(c1)nc(N)c1ncc(CCc3ccc(C(=N)N)c(O)c3)cc12. The van der Waals surface area contributed by atoms with Gasteiger partial charge < -0.3 is 16.6 Å². The number of rotatable bonds is 4. The number of nitrogen functional groups attached to an aromatic ring is 2. The summed E-state index contributed by atoms with van der Waals surface area (Å²) in [6.45, 7) is 2.03. The second kappa shape index (κ2) is 6.81. The Balaban J connectivity index is 1.67. The third kappa shape index (κ3) is 3.20. The Kier molecular flexibility index (Phi) is 4.31. The maximum absolute atomic E-state index is 10.0. The lowest BCUT2D eigenvalue weighted by molar-refractivity contribution is 0.473. The first-order valence-corrected chi connectivity index (χ1v) is 9.03. The number of phenolic OH excluding ortho intramolecular Hbond substituents is 1. The molecule has 4 aromatic rings. The van der Waals surface area contributed by atoms with E-state index >= 15 is 0 Å². The zero-order valence-corrected chi connectivity index (χ0v) is 15.5. The van der Waals surface area contributed by atoms with Gasteiger partial charge in [-0.3, -0.25) is 10.4 Å². The first kappa shape index (κ1) is 17.7. The van der Waals surface area contributed by atoms with Gasteiger partial charge in [0.25, 0.3) is 0 Å². The second-order valence-corrected chi connectivity index (χ2v) is 7.02. The van der Waals surface area contributed by atoms with E-state index in [0.717, 1.165) is 45.8 Å². The topological polar surface area (TPSA) is 122 Å². The molecule has 0 aliphatic rings. The number of hydrogen-bond acceptors (Lipinski definition) is 5. The monoisotopic (exact) mass is 371 g/mol. The lowest BCUT2D eigenvalue weighted by Gasteiger charge is -2.09. The van der Waals surface area contributed by atoms with Crippen LogP contribution in [0.1, 0.15) is 22.3 Å². The van der Waals surface area contributed by atoms with Crippen molar-refractivity contribution in [3.8, 4) is 5.75 Å². The highest BCUT2D eigenvalue weighted by Gasteiger charge is 2.10. The van der Waals surface area contributed by atoms with E-state index in [1.165, 1.54) is 0 Å². The molecule has 0 amide bonds. The van der Waals surface area contributed by atoms with Gasteiger partial charge in [0.1, 0.15) is 17.1 Å². The fourth-order valence-corrected chi connectivity index (χ4v) is 3.45. The molecule has 6 N–H and O–H groups in total. The van der Waals surface area contributed by atoms with Crippen LogP contribution in [0, 0.1) is 12.3 Å². The average molecular weight is 371 g/mol. The van der Waals surface area contributed by atoms with Gasteiger partial charge in [0.2, 0.25) is 0 Å². The number of phenols is 1. The molecule has 6 nitrogen and oxygen atoms in total. The quantitative estimate of drug-likeness (QED) is 0.249. The van der Waals surface area contributed by atoms with Crippen molar-refractivity contribution in [1.29, 1.82) is 5.41 Å². The molecule has 0 spiro atoms. The van der Waals surface area contributed by atoms with Gasteiger partial charge in [0, 0.05) is 17.0 Å². The summed E-state index contributed by atoms with van der Waals surface area (Å²) in [4.78, 5) is 9.02. The number of nitrogens with one attached hydrogen (secondary N) is 1. The molecule has 140 valence electrons. The third-order valence-electron chi connectivity index (χ3n) is 4.93. The number of fused-ring (bicyclic) bond motifs is 3. The largest absolute Gasteiger partial charge is 0.507 e. The van der Waals surface area contributed by atoms with Crippen molar-refractivity contribution in [2.75, 3.05) is 5.73 Å². The van der Waals surface area contributed by atoms with Crippen LogP contribution in [-0.4, -0.2) is 20.9 Å². The molecule has 0 fully saturated rings. The number of aromatic nitrogens is 2.